The van der Waals surface area contributed by atoms with Gasteiger partial charge in [-0.05, 0) is 112 Å². The van der Waals surface area contributed by atoms with Gasteiger partial charge in [-0.25, -0.2) is 19.5 Å². The second-order valence-electron chi connectivity index (χ2n) is 18.0. The number of hydrogen-bond acceptors (Lipinski definition) is 13. The van der Waals surface area contributed by atoms with Crippen LogP contribution in [0.5, 0.6) is 0 Å². The molecule has 0 unspecified atom stereocenters. The molecule has 0 amide bonds. The summed E-state index contributed by atoms with van der Waals surface area (Å²) in [6.07, 6.45) is 42.6. The van der Waals surface area contributed by atoms with Gasteiger partial charge in [-0.15, -0.1) is 68.0 Å². The van der Waals surface area contributed by atoms with Gasteiger partial charge in [0.05, 0.1) is 44.1 Å². The number of thiazole rings is 1. The van der Waals surface area contributed by atoms with E-state index in [0.717, 1.165) is 44.1 Å². The van der Waals surface area contributed by atoms with Crippen LogP contribution >= 0.6 is 68.0 Å². The number of oxazole rings is 1. The van der Waals surface area contributed by atoms with Crippen molar-refractivity contribution in [2.24, 2.45) is 0 Å². The molecular weight excluding hydrogens is 1220 g/mol. The number of hydrogen-bond donors (Lipinski definition) is 8. The maximum atomic E-state index is 5.03. The van der Waals surface area contributed by atoms with Crippen LogP contribution in [0.15, 0.2) is 285 Å². The van der Waals surface area contributed by atoms with E-state index in [1.165, 1.54) is 40.0 Å². The molecule has 22 rings (SSSR count). The highest BCUT2D eigenvalue weighted by molar-refractivity contribution is 7.26. The summed E-state index contributed by atoms with van der Waals surface area (Å²) >= 11 is 10.5. The molecule has 22 heterocycles. The van der Waals surface area contributed by atoms with E-state index in [2.05, 4.69) is 140 Å². The number of H-pyrrole nitrogens is 8. The van der Waals surface area contributed by atoms with E-state index in [4.69, 9.17) is 13.3 Å². The number of aromatic amines is 8. The topological polar surface area (TPSA) is 239 Å². The Morgan fingerprint density at radius 3 is 1.97 bits per heavy atom. The van der Waals surface area contributed by atoms with Crippen molar-refractivity contribution in [3.63, 3.8) is 0 Å². The molecule has 22 aromatic heterocycles. The van der Waals surface area contributed by atoms with Gasteiger partial charge in [0.25, 0.3) is 0 Å². The highest BCUT2D eigenvalue weighted by Crippen LogP contribution is 2.25. The second-order valence-corrected chi connectivity index (χ2v) is 23.6. The summed E-state index contributed by atoms with van der Waals surface area (Å²) in [5.74, 6) is 1.54. The molecule has 0 bridgehead atoms. The second kappa shape index (κ2) is 29.4. The molecule has 88 heavy (non-hydrogen) atoms. The zero-order chi connectivity index (χ0) is 59.4. The first kappa shape index (κ1) is 57.7. The number of thiophene rings is 5. The Bertz CT molecular complexity index is 3700. The van der Waals surface area contributed by atoms with E-state index in [1.807, 2.05) is 172 Å². The Kier molecular flexibility index (Phi) is 19.3. The van der Waals surface area contributed by atoms with Crippen molar-refractivity contribution in [3.05, 3.63) is 272 Å². The van der Waals surface area contributed by atoms with Crippen LogP contribution < -0.4 is 0 Å². The molecule has 0 aliphatic rings. The summed E-state index contributed by atoms with van der Waals surface area (Å²) in [5.41, 5.74) is 6.19. The predicted octanol–water partition coefficient (Wildman–Crippen LogP) is 18.1. The molecule has 0 aliphatic carbocycles. The molecule has 0 saturated carbocycles. The molecule has 0 saturated heterocycles. The smallest absolute Gasteiger partial charge is 0.305 e. The highest BCUT2D eigenvalue weighted by Gasteiger charge is 1.97. The number of nitrogens with one attached hydrogen (secondary N) is 8. The van der Waals surface area contributed by atoms with Gasteiger partial charge in [0.15, 0.2) is 11.2 Å². The van der Waals surface area contributed by atoms with Gasteiger partial charge in [0, 0.05) is 161 Å². The fourth-order valence-electron chi connectivity index (χ4n) is 8.22. The summed E-state index contributed by atoms with van der Waals surface area (Å²) < 4.78 is 28.8. The van der Waals surface area contributed by atoms with Gasteiger partial charge >= 0.3 is 5.84 Å². The minimum absolute atomic E-state index is 0.644. The van der Waals surface area contributed by atoms with Crippen LogP contribution in [0.4, 0.5) is 0 Å². The number of furan rings is 2. The summed E-state index contributed by atoms with van der Waals surface area (Å²) in [4.78, 5) is 33.8. The molecule has 8 N–H and O–H groups in total. The molecule has 20 nitrogen and oxygen atoms in total. The molecule has 0 aliphatic heterocycles. The number of aromatic nitrogens is 17. The van der Waals surface area contributed by atoms with Gasteiger partial charge in [-0.2, -0.15) is 5.10 Å². The fraction of sp³-hybridized carbons (Fsp3) is 0. The van der Waals surface area contributed by atoms with Crippen molar-refractivity contribution in [1.82, 2.24) is 82.3 Å². The summed E-state index contributed by atoms with van der Waals surface area (Å²) in [5, 5.41) is 25.9. The van der Waals surface area contributed by atoms with Crippen LogP contribution in [0.25, 0.3) is 90.0 Å². The summed E-state index contributed by atoms with van der Waals surface area (Å²) in [7, 11) is 0. The van der Waals surface area contributed by atoms with Crippen LogP contribution in [0.1, 0.15) is 0 Å². The summed E-state index contributed by atoms with van der Waals surface area (Å²) in [6.45, 7) is 0. The van der Waals surface area contributed by atoms with E-state index in [-0.39, 0.29) is 0 Å². The SMILES string of the molecule is c1cc2[nH]ccn2c1.c1cc2ccoc2[nH]1.c1cc2ccsc2[nH]1.c1cc2cn[nH]c2s1.c1cc2occc2[nH]1.c1cc2sccc2[nH]1.c1cc2sccc2s1.c1cc2sccn2c1.c1cn2[nH]ccc2n1.c1cn2cc[nH]c2n1.c1cn2ccoc2n1. The lowest BCUT2D eigenvalue weighted by molar-refractivity contribution is 0.596. The highest BCUT2D eigenvalue weighted by atomic mass is 32.1. The molecule has 26 heteroatoms. The maximum Gasteiger partial charge on any atom is 0.305 e. The molecule has 0 fully saturated rings. The van der Waals surface area contributed by atoms with Crippen molar-refractivity contribution >= 4 is 158 Å². The molecular formula is C62H53N17O3S6. The Balaban J connectivity index is 0.0000000942. The average molecular weight is 1280 g/mol. The zero-order valence-corrected chi connectivity index (χ0v) is 51.1. The predicted molar refractivity (Wildman–Crippen MR) is 361 cm³/mol. The van der Waals surface area contributed by atoms with E-state index < -0.39 is 0 Å². The molecule has 440 valence electrons. The molecule has 22 aromatic rings. The van der Waals surface area contributed by atoms with Crippen LogP contribution in [0.3, 0.4) is 0 Å². The van der Waals surface area contributed by atoms with E-state index in [1.54, 1.807) is 110 Å². The minimum atomic E-state index is 0.644. The standard InChI is InChI=1S/C6H6N2.2C6H5NO.3C6H5NS.C6H4S2.2C5H5N3.C5H4N2O.C5H4N2S/c1-2-6-7-3-5-8(6)4-1;1-3-7-5-2-4-8-6(1)5;1-3-7-6-5(1)2-4-8-6;1-3-7-5-2-4-8-6(1)5;1-3-7-6-5(1)2-4-8-6;1-2-6-7(3-1)4-5-8-6;1-3-7-6-2-4-8-5(1)6;1-3-8-4-2-7-5(8)6-1;1-2-7-8-4-3-6-5(1)8;1-2-7-3-4-8-5(7)6-1;1-2-8-5-4(1)3-6-7-5/h1-5,7H;4*1-4,7H;1-5H;1-4H;1-4H,(H,6,7);1-4,7H;1-4H;1-3H,(H,6,7). The van der Waals surface area contributed by atoms with Gasteiger partial charge in [-0.3, -0.25) is 13.9 Å². The molecule has 0 atom stereocenters. The largest absolute Gasteiger partial charge is 0.463 e. The fourth-order valence-corrected chi connectivity index (χ4v) is 13.0. The quantitative estimate of drug-likeness (QED) is 0.0730. The lowest BCUT2D eigenvalue weighted by atomic mass is 10.4. The van der Waals surface area contributed by atoms with Gasteiger partial charge in [0.2, 0.25) is 11.5 Å². The van der Waals surface area contributed by atoms with Gasteiger partial charge < -0.3 is 57.1 Å². The van der Waals surface area contributed by atoms with Gasteiger partial charge in [0.1, 0.15) is 16.7 Å². The third-order valence-electron chi connectivity index (χ3n) is 12.5. The van der Waals surface area contributed by atoms with Crippen molar-refractivity contribution in [3.8, 4) is 0 Å². The van der Waals surface area contributed by atoms with Crippen LogP contribution in [-0.4, -0.2) is 82.3 Å². The Labute approximate surface area is 521 Å². The first-order valence-electron chi connectivity index (χ1n) is 26.8. The number of nitrogens with zero attached hydrogens (tertiary/aromatic N) is 9. The number of imidazole rings is 5. The maximum absolute atomic E-state index is 5.03. The van der Waals surface area contributed by atoms with E-state index in [0.29, 0.717) is 5.84 Å². The van der Waals surface area contributed by atoms with Crippen molar-refractivity contribution in [1.29, 1.82) is 0 Å². The third kappa shape index (κ3) is 15.2. The van der Waals surface area contributed by atoms with Gasteiger partial charge in [-0.1, -0.05) is 0 Å². The molecule has 0 spiro atoms. The normalized spacial score (nSPS) is 10.5. The van der Waals surface area contributed by atoms with Crippen LogP contribution in [0.2, 0.25) is 0 Å². The third-order valence-corrected chi connectivity index (χ3v) is 17.8. The lowest BCUT2D eigenvalue weighted by Crippen LogP contribution is -1.75. The van der Waals surface area contributed by atoms with Crippen molar-refractivity contribution < 1.29 is 13.3 Å². The first-order valence-corrected chi connectivity index (χ1v) is 32.1. The number of rotatable bonds is 0. The van der Waals surface area contributed by atoms with Crippen LogP contribution in [-0.2, 0) is 0 Å². The van der Waals surface area contributed by atoms with Crippen molar-refractivity contribution in [2.45, 2.75) is 0 Å². The van der Waals surface area contributed by atoms with Crippen LogP contribution in [0, 0.1) is 0 Å². The number of fused-ring (bicyclic) bond motifs is 11. The summed E-state index contributed by atoms with van der Waals surface area (Å²) in [6, 6.07) is 32.5. The molecule has 0 aromatic carbocycles. The Morgan fingerprint density at radius 1 is 0.398 bits per heavy atom. The lowest BCUT2D eigenvalue weighted by Gasteiger charge is -1.74. The zero-order valence-electron chi connectivity index (χ0n) is 46.2. The monoisotopic (exact) mass is 1280 g/mol. The Hall–Kier alpha value is -10.7. The van der Waals surface area contributed by atoms with Crippen molar-refractivity contribution in [2.75, 3.05) is 0 Å². The van der Waals surface area contributed by atoms with E-state index >= 15 is 0 Å². The molecule has 0 radical (unpaired) electrons. The minimum Gasteiger partial charge on any atom is -0.463 e. The first-order chi connectivity index (χ1) is 43.6. The van der Waals surface area contributed by atoms with E-state index in [9.17, 15) is 0 Å². The average Bonchev–Trinajstić information content (AvgIpc) is 4.32. The Morgan fingerprint density at radius 2 is 1.14 bits per heavy atom.